The summed E-state index contributed by atoms with van der Waals surface area (Å²) in [6.07, 6.45) is 0. The first-order chi connectivity index (χ1) is 9.11. The van der Waals surface area contributed by atoms with Gasteiger partial charge in [-0.25, -0.2) is 4.39 Å². The largest absolute Gasteiger partial charge is 0.494 e. The minimum absolute atomic E-state index is 0.145. The molecule has 0 bridgehead atoms. The van der Waals surface area contributed by atoms with Crippen LogP contribution in [0, 0.1) is 5.82 Å². The third-order valence-corrected chi connectivity index (χ3v) is 2.83. The Balaban J connectivity index is 2.41. The summed E-state index contributed by atoms with van der Waals surface area (Å²) in [6.45, 7) is 3.88. The third kappa shape index (κ3) is 2.99. The van der Waals surface area contributed by atoms with Gasteiger partial charge >= 0.3 is 0 Å². The van der Waals surface area contributed by atoms with Gasteiger partial charge in [0.2, 0.25) is 0 Å². The highest BCUT2D eigenvalue weighted by Crippen LogP contribution is 2.27. The van der Waals surface area contributed by atoms with Gasteiger partial charge in [-0.15, -0.1) is 0 Å². The SMILES string of the molecule is CCOc1cccc(-c2ccc(C(C)=O)cc2F)c1. The molecule has 0 heterocycles. The fourth-order valence-electron chi connectivity index (χ4n) is 1.89. The van der Waals surface area contributed by atoms with E-state index < -0.39 is 5.82 Å². The van der Waals surface area contributed by atoms with Crippen LogP contribution in [0.5, 0.6) is 5.75 Å². The van der Waals surface area contributed by atoms with Crippen LogP contribution in [0.2, 0.25) is 0 Å². The quantitative estimate of drug-likeness (QED) is 0.772. The lowest BCUT2D eigenvalue weighted by molar-refractivity contribution is 0.101. The summed E-state index contributed by atoms with van der Waals surface area (Å²) in [5.41, 5.74) is 1.58. The molecule has 0 fully saturated rings. The van der Waals surface area contributed by atoms with E-state index in [1.54, 1.807) is 18.2 Å². The van der Waals surface area contributed by atoms with Crippen molar-refractivity contribution in [1.29, 1.82) is 0 Å². The van der Waals surface area contributed by atoms with Crippen molar-refractivity contribution in [3.63, 3.8) is 0 Å². The average Bonchev–Trinajstić information content (AvgIpc) is 2.39. The zero-order chi connectivity index (χ0) is 13.8. The smallest absolute Gasteiger partial charge is 0.159 e. The van der Waals surface area contributed by atoms with Gasteiger partial charge in [0, 0.05) is 11.1 Å². The van der Waals surface area contributed by atoms with Crippen molar-refractivity contribution in [3.05, 3.63) is 53.8 Å². The van der Waals surface area contributed by atoms with Gasteiger partial charge in [-0.2, -0.15) is 0 Å². The van der Waals surface area contributed by atoms with Crippen molar-refractivity contribution in [3.8, 4) is 16.9 Å². The maximum atomic E-state index is 14.0. The number of hydrogen-bond acceptors (Lipinski definition) is 2. The van der Waals surface area contributed by atoms with Gasteiger partial charge in [0.25, 0.3) is 0 Å². The second-order valence-electron chi connectivity index (χ2n) is 4.21. The molecular weight excluding hydrogens is 243 g/mol. The second-order valence-corrected chi connectivity index (χ2v) is 4.21. The first-order valence-corrected chi connectivity index (χ1v) is 6.15. The van der Waals surface area contributed by atoms with Crippen LogP contribution < -0.4 is 4.74 Å². The zero-order valence-electron chi connectivity index (χ0n) is 10.9. The highest BCUT2D eigenvalue weighted by atomic mass is 19.1. The van der Waals surface area contributed by atoms with Crippen LogP contribution in [0.25, 0.3) is 11.1 Å². The van der Waals surface area contributed by atoms with Crippen LogP contribution in [0.4, 0.5) is 4.39 Å². The highest BCUT2D eigenvalue weighted by molar-refractivity contribution is 5.94. The molecule has 0 aromatic heterocycles. The Labute approximate surface area is 111 Å². The number of ketones is 1. The van der Waals surface area contributed by atoms with Gasteiger partial charge in [0.1, 0.15) is 11.6 Å². The fourth-order valence-corrected chi connectivity index (χ4v) is 1.89. The first kappa shape index (κ1) is 13.3. The predicted molar refractivity (Wildman–Crippen MR) is 73.0 cm³/mol. The van der Waals surface area contributed by atoms with E-state index in [-0.39, 0.29) is 5.78 Å². The molecule has 0 unspecified atom stereocenters. The van der Waals surface area contributed by atoms with Crippen molar-refractivity contribution in [2.45, 2.75) is 13.8 Å². The van der Waals surface area contributed by atoms with Crippen LogP contribution in [0.1, 0.15) is 24.2 Å². The molecule has 0 aliphatic rings. The molecule has 0 saturated heterocycles. The molecule has 0 radical (unpaired) electrons. The summed E-state index contributed by atoms with van der Waals surface area (Å²) in [5, 5.41) is 0. The maximum absolute atomic E-state index is 14.0. The minimum Gasteiger partial charge on any atom is -0.494 e. The number of halogens is 1. The van der Waals surface area contributed by atoms with Crippen molar-refractivity contribution in [2.75, 3.05) is 6.61 Å². The molecule has 2 aromatic carbocycles. The maximum Gasteiger partial charge on any atom is 0.159 e. The fraction of sp³-hybridized carbons (Fsp3) is 0.188. The molecule has 0 N–H and O–H groups in total. The molecule has 0 saturated carbocycles. The summed E-state index contributed by atoms with van der Waals surface area (Å²) in [4.78, 5) is 11.2. The Kier molecular flexibility index (Phi) is 3.95. The zero-order valence-corrected chi connectivity index (χ0v) is 10.9. The molecule has 2 aromatic rings. The number of ether oxygens (including phenoxy) is 1. The van der Waals surface area contributed by atoms with Crippen molar-refractivity contribution >= 4 is 5.78 Å². The van der Waals surface area contributed by atoms with Gasteiger partial charge in [-0.05, 0) is 37.6 Å². The Morgan fingerprint density at radius 1 is 1.21 bits per heavy atom. The van der Waals surface area contributed by atoms with Gasteiger partial charge in [0.05, 0.1) is 6.61 Å². The molecule has 0 aliphatic carbocycles. The molecule has 2 nitrogen and oxygen atoms in total. The molecule has 0 aliphatic heterocycles. The summed E-state index contributed by atoms with van der Waals surface area (Å²) < 4.78 is 19.4. The van der Waals surface area contributed by atoms with Gasteiger partial charge in [0.15, 0.2) is 5.78 Å². The summed E-state index contributed by atoms with van der Waals surface area (Å²) in [5.74, 6) is 0.157. The van der Waals surface area contributed by atoms with Gasteiger partial charge < -0.3 is 4.74 Å². The molecule has 0 atom stereocenters. The average molecular weight is 258 g/mol. The van der Waals surface area contributed by atoms with E-state index in [4.69, 9.17) is 4.74 Å². The second kappa shape index (κ2) is 5.65. The van der Waals surface area contributed by atoms with E-state index in [2.05, 4.69) is 0 Å². The lowest BCUT2D eigenvalue weighted by Crippen LogP contribution is -1.95. The van der Waals surface area contributed by atoms with E-state index in [9.17, 15) is 9.18 Å². The Bertz CT molecular complexity index is 605. The van der Waals surface area contributed by atoms with E-state index in [1.807, 2.05) is 25.1 Å². The van der Waals surface area contributed by atoms with Crippen LogP contribution >= 0.6 is 0 Å². The topological polar surface area (TPSA) is 26.3 Å². The highest BCUT2D eigenvalue weighted by Gasteiger charge is 2.09. The first-order valence-electron chi connectivity index (χ1n) is 6.15. The summed E-state index contributed by atoms with van der Waals surface area (Å²) in [6, 6.07) is 11.8. The molecule has 3 heteroatoms. The normalized spacial score (nSPS) is 10.3. The predicted octanol–water partition coefficient (Wildman–Crippen LogP) is 4.09. The van der Waals surface area contributed by atoms with E-state index >= 15 is 0 Å². The van der Waals surface area contributed by atoms with Crippen molar-refractivity contribution < 1.29 is 13.9 Å². The molecule has 0 spiro atoms. The van der Waals surface area contributed by atoms with E-state index in [0.717, 1.165) is 5.56 Å². The molecular formula is C16H15FO2. The molecule has 0 amide bonds. The van der Waals surface area contributed by atoms with Crippen molar-refractivity contribution in [1.82, 2.24) is 0 Å². The van der Waals surface area contributed by atoms with Crippen LogP contribution in [-0.4, -0.2) is 12.4 Å². The van der Waals surface area contributed by atoms with Gasteiger partial charge in [-0.3, -0.25) is 4.79 Å². The Morgan fingerprint density at radius 3 is 2.63 bits per heavy atom. The summed E-state index contributed by atoms with van der Waals surface area (Å²) in [7, 11) is 0. The van der Waals surface area contributed by atoms with Crippen LogP contribution in [0.15, 0.2) is 42.5 Å². The van der Waals surface area contributed by atoms with Crippen LogP contribution in [-0.2, 0) is 0 Å². The lowest BCUT2D eigenvalue weighted by atomic mass is 10.0. The Hall–Kier alpha value is -2.16. The van der Waals surface area contributed by atoms with E-state index in [1.165, 1.54) is 13.0 Å². The number of benzene rings is 2. The number of hydrogen-bond donors (Lipinski definition) is 0. The minimum atomic E-state index is -0.402. The standard InChI is InChI=1S/C16H15FO2/c1-3-19-14-6-4-5-13(9-14)15-8-7-12(11(2)18)10-16(15)17/h4-10H,3H2,1-2H3. The molecule has 19 heavy (non-hydrogen) atoms. The number of rotatable bonds is 4. The lowest BCUT2D eigenvalue weighted by Gasteiger charge is -2.08. The third-order valence-electron chi connectivity index (χ3n) is 2.83. The Morgan fingerprint density at radius 2 is 2.00 bits per heavy atom. The number of carbonyl (C=O) groups is 1. The number of Topliss-reactive ketones (excluding diaryl/α,β-unsaturated/α-hetero) is 1. The summed E-state index contributed by atoms with van der Waals surface area (Å²) >= 11 is 0. The monoisotopic (exact) mass is 258 g/mol. The van der Waals surface area contributed by atoms with Gasteiger partial charge in [-0.1, -0.05) is 24.3 Å². The number of carbonyl (C=O) groups excluding carboxylic acids is 1. The van der Waals surface area contributed by atoms with E-state index in [0.29, 0.717) is 23.5 Å². The van der Waals surface area contributed by atoms with Crippen molar-refractivity contribution in [2.24, 2.45) is 0 Å². The molecule has 2 rings (SSSR count). The molecule has 98 valence electrons. The van der Waals surface area contributed by atoms with Crippen LogP contribution in [0.3, 0.4) is 0 Å².